The third-order valence-electron chi connectivity index (χ3n) is 4.25. The third kappa shape index (κ3) is 4.17. The van der Waals surface area contributed by atoms with Crippen LogP contribution in [-0.4, -0.2) is 42.2 Å². The van der Waals surface area contributed by atoms with Crippen LogP contribution in [0.1, 0.15) is 43.0 Å². The Morgan fingerprint density at radius 2 is 2.10 bits per heavy atom. The first-order chi connectivity index (χ1) is 9.89. The van der Waals surface area contributed by atoms with Crippen molar-refractivity contribution in [1.29, 1.82) is 0 Å². The number of hydrogen-bond acceptors (Lipinski definition) is 4. The van der Waals surface area contributed by atoms with Gasteiger partial charge in [-0.3, -0.25) is 4.79 Å². The van der Waals surface area contributed by atoms with Crippen LogP contribution in [-0.2, 0) is 0 Å². The second-order valence-corrected chi connectivity index (χ2v) is 6.39. The van der Waals surface area contributed by atoms with Gasteiger partial charge in [-0.25, -0.2) is 4.98 Å². The summed E-state index contributed by atoms with van der Waals surface area (Å²) in [5.74, 6) is 1.30. The molecule has 0 saturated heterocycles. The molecule has 21 heavy (non-hydrogen) atoms. The van der Waals surface area contributed by atoms with Crippen LogP contribution in [0.15, 0.2) is 18.3 Å². The topological polar surface area (TPSA) is 65.5 Å². The summed E-state index contributed by atoms with van der Waals surface area (Å²) in [7, 11) is 3.81. The standard InChI is InChI=1S/C16H25N3O2/c1-12-6-8-16(21,9-7-12)11-18-15(20)13-4-5-14(17-10-13)19(2)3/h4-5,10,12,21H,6-9,11H2,1-3H3,(H,18,20). The molecular weight excluding hydrogens is 266 g/mol. The van der Waals surface area contributed by atoms with Gasteiger partial charge in [-0.15, -0.1) is 0 Å². The molecular formula is C16H25N3O2. The van der Waals surface area contributed by atoms with Gasteiger partial charge in [0, 0.05) is 26.8 Å². The van der Waals surface area contributed by atoms with E-state index in [9.17, 15) is 9.90 Å². The van der Waals surface area contributed by atoms with Crippen molar-refractivity contribution in [1.82, 2.24) is 10.3 Å². The van der Waals surface area contributed by atoms with Crippen molar-refractivity contribution in [2.45, 2.75) is 38.2 Å². The maximum atomic E-state index is 12.1. The highest BCUT2D eigenvalue weighted by Crippen LogP contribution is 2.31. The quantitative estimate of drug-likeness (QED) is 0.888. The highest BCUT2D eigenvalue weighted by molar-refractivity contribution is 5.94. The van der Waals surface area contributed by atoms with Crippen LogP contribution in [0, 0.1) is 5.92 Å². The number of rotatable bonds is 4. The fourth-order valence-electron chi connectivity index (χ4n) is 2.61. The third-order valence-corrected chi connectivity index (χ3v) is 4.25. The minimum atomic E-state index is -0.751. The lowest BCUT2D eigenvalue weighted by molar-refractivity contribution is -0.00540. The second kappa shape index (κ2) is 6.43. The summed E-state index contributed by atoms with van der Waals surface area (Å²) in [5.41, 5.74) is -0.229. The molecule has 2 rings (SSSR count). The van der Waals surface area contributed by atoms with E-state index in [1.54, 1.807) is 12.3 Å². The van der Waals surface area contributed by atoms with E-state index < -0.39 is 5.60 Å². The number of aromatic nitrogens is 1. The van der Waals surface area contributed by atoms with Gasteiger partial charge in [0.1, 0.15) is 5.82 Å². The van der Waals surface area contributed by atoms with Gasteiger partial charge in [0.05, 0.1) is 11.2 Å². The van der Waals surface area contributed by atoms with E-state index in [2.05, 4.69) is 17.2 Å². The molecule has 1 fully saturated rings. The van der Waals surface area contributed by atoms with Crippen molar-refractivity contribution in [3.05, 3.63) is 23.9 Å². The van der Waals surface area contributed by atoms with Gasteiger partial charge in [0.2, 0.25) is 0 Å². The van der Waals surface area contributed by atoms with Crippen LogP contribution in [0.4, 0.5) is 5.82 Å². The molecule has 0 spiro atoms. The van der Waals surface area contributed by atoms with Crippen LogP contribution in [0.2, 0.25) is 0 Å². The van der Waals surface area contributed by atoms with E-state index in [0.717, 1.165) is 31.5 Å². The number of nitrogens with zero attached hydrogens (tertiary/aromatic N) is 2. The summed E-state index contributed by atoms with van der Waals surface area (Å²) in [5, 5.41) is 13.3. The van der Waals surface area contributed by atoms with Gasteiger partial charge in [-0.1, -0.05) is 6.92 Å². The van der Waals surface area contributed by atoms with E-state index in [-0.39, 0.29) is 5.91 Å². The number of nitrogens with one attached hydrogen (secondary N) is 1. The lowest BCUT2D eigenvalue weighted by Gasteiger charge is -2.34. The lowest BCUT2D eigenvalue weighted by Crippen LogP contribution is -2.45. The zero-order chi connectivity index (χ0) is 15.5. The molecule has 1 aromatic heterocycles. The molecule has 0 atom stereocenters. The predicted molar refractivity (Wildman–Crippen MR) is 83.5 cm³/mol. The molecule has 116 valence electrons. The Balaban J connectivity index is 1.89. The summed E-state index contributed by atoms with van der Waals surface area (Å²) in [4.78, 5) is 18.2. The van der Waals surface area contributed by atoms with Crippen molar-refractivity contribution in [3.8, 4) is 0 Å². The molecule has 1 heterocycles. The van der Waals surface area contributed by atoms with Gasteiger partial charge in [-0.2, -0.15) is 0 Å². The minimum absolute atomic E-state index is 0.181. The summed E-state index contributed by atoms with van der Waals surface area (Å²) >= 11 is 0. The highest BCUT2D eigenvalue weighted by atomic mass is 16.3. The summed E-state index contributed by atoms with van der Waals surface area (Å²) < 4.78 is 0. The number of hydrogen-bond donors (Lipinski definition) is 2. The Morgan fingerprint density at radius 3 is 2.62 bits per heavy atom. The molecule has 1 amide bonds. The Labute approximate surface area is 126 Å². The van der Waals surface area contributed by atoms with Crippen LogP contribution in [0.25, 0.3) is 0 Å². The molecule has 1 saturated carbocycles. The van der Waals surface area contributed by atoms with Crippen molar-refractivity contribution in [3.63, 3.8) is 0 Å². The van der Waals surface area contributed by atoms with Crippen LogP contribution in [0.5, 0.6) is 0 Å². The molecule has 0 aromatic carbocycles. The Morgan fingerprint density at radius 1 is 1.43 bits per heavy atom. The van der Waals surface area contributed by atoms with Crippen molar-refractivity contribution < 1.29 is 9.90 Å². The number of carbonyl (C=O) groups is 1. The van der Waals surface area contributed by atoms with Crippen LogP contribution < -0.4 is 10.2 Å². The molecule has 1 aliphatic carbocycles. The average Bonchev–Trinajstić information content (AvgIpc) is 2.48. The molecule has 1 aliphatic rings. The molecule has 0 unspecified atom stereocenters. The molecule has 0 bridgehead atoms. The van der Waals surface area contributed by atoms with E-state index >= 15 is 0 Å². The summed E-state index contributed by atoms with van der Waals surface area (Å²) in [6.45, 7) is 2.52. The van der Waals surface area contributed by atoms with Crippen LogP contribution in [0.3, 0.4) is 0 Å². The monoisotopic (exact) mass is 291 g/mol. The van der Waals surface area contributed by atoms with Gasteiger partial charge in [0.15, 0.2) is 0 Å². The van der Waals surface area contributed by atoms with Crippen molar-refractivity contribution in [2.24, 2.45) is 5.92 Å². The zero-order valence-corrected chi connectivity index (χ0v) is 13.1. The maximum Gasteiger partial charge on any atom is 0.252 e. The van der Waals surface area contributed by atoms with Gasteiger partial charge < -0.3 is 15.3 Å². The average molecular weight is 291 g/mol. The minimum Gasteiger partial charge on any atom is -0.388 e. The van der Waals surface area contributed by atoms with Gasteiger partial charge in [-0.05, 0) is 43.7 Å². The van der Waals surface area contributed by atoms with Crippen molar-refractivity contribution in [2.75, 3.05) is 25.5 Å². The van der Waals surface area contributed by atoms with Gasteiger partial charge >= 0.3 is 0 Å². The maximum absolute atomic E-state index is 12.1. The summed E-state index contributed by atoms with van der Waals surface area (Å²) in [6, 6.07) is 3.57. The van der Waals surface area contributed by atoms with Crippen molar-refractivity contribution >= 4 is 11.7 Å². The lowest BCUT2D eigenvalue weighted by atomic mass is 9.79. The zero-order valence-electron chi connectivity index (χ0n) is 13.1. The molecule has 0 radical (unpaired) electrons. The molecule has 5 nitrogen and oxygen atoms in total. The predicted octanol–water partition coefficient (Wildman–Crippen LogP) is 1.82. The number of amides is 1. The highest BCUT2D eigenvalue weighted by Gasteiger charge is 2.32. The number of anilines is 1. The van der Waals surface area contributed by atoms with E-state index in [1.165, 1.54) is 0 Å². The molecule has 1 aromatic rings. The number of carbonyl (C=O) groups excluding carboxylic acids is 1. The smallest absolute Gasteiger partial charge is 0.252 e. The number of pyridine rings is 1. The molecule has 0 aliphatic heterocycles. The summed E-state index contributed by atoms with van der Waals surface area (Å²) in [6.07, 6.45) is 5.12. The number of aliphatic hydroxyl groups is 1. The van der Waals surface area contributed by atoms with E-state index in [0.29, 0.717) is 18.0 Å². The van der Waals surface area contributed by atoms with E-state index in [4.69, 9.17) is 0 Å². The molecule has 2 N–H and O–H groups in total. The SMILES string of the molecule is CC1CCC(O)(CNC(=O)c2ccc(N(C)C)nc2)CC1. The first-order valence-electron chi connectivity index (χ1n) is 7.53. The fraction of sp³-hybridized carbons (Fsp3) is 0.625. The van der Waals surface area contributed by atoms with E-state index in [1.807, 2.05) is 25.1 Å². The molecule has 5 heteroatoms. The second-order valence-electron chi connectivity index (χ2n) is 6.39. The Bertz CT molecular complexity index is 477. The Hall–Kier alpha value is -1.62. The Kier molecular flexibility index (Phi) is 4.83. The fourth-order valence-corrected chi connectivity index (χ4v) is 2.61. The largest absolute Gasteiger partial charge is 0.388 e. The first-order valence-corrected chi connectivity index (χ1v) is 7.53. The normalized spacial score (nSPS) is 25.4. The van der Waals surface area contributed by atoms with Crippen LogP contribution >= 0.6 is 0 Å². The first kappa shape index (κ1) is 15.8. The van der Waals surface area contributed by atoms with Gasteiger partial charge in [0.25, 0.3) is 5.91 Å².